The van der Waals surface area contributed by atoms with Crippen LogP contribution in [0, 0.1) is 5.82 Å². The van der Waals surface area contributed by atoms with Crippen LogP contribution in [0.15, 0.2) is 96.5 Å². The summed E-state index contributed by atoms with van der Waals surface area (Å²) >= 11 is 0. The summed E-state index contributed by atoms with van der Waals surface area (Å²) in [4.78, 5) is 14.4. The van der Waals surface area contributed by atoms with Gasteiger partial charge in [-0.3, -0.25) is 5.10 Å². The topological polar surface area (TPSA) is 85.5 Å². The van der Waals surface area contributed by atoms with Gasteiger partial charge in [-0.15, -0.1) is 0 Å². The molecule has 0 amide bonds. The molecule has 0 spiro atoms. The van der Waals surface area contributed by atoms with Crippen LogP contribution in [0.2, 0.25) is 0 Å². The Bertz CT molecular complexity index is 1770. The van der Waals surface area contributed by atoms with Crippen molar-refractivity contribution in [2.45, 2.75) is 13.8 Å². The summed E-state index contributed by atoms with van der Waals surface area (Å²) in [6.07, 6.45) is 11.5. The predicted octanol–water partition coefficient (Wildman–Crippen LogP) is 4.97. The van der Waals surface area contributed by atoms with E-state index in [1.165, 1.54) is 12.1 Å². The molecule has 7 nitrogen and oxygen atoms in total. The summed E-state index contributed by atoms with van der Waals surface area (Å²) in [5.74, 6) is 0.228. The highest BCUT2D eigenvalue weighted by atomic mass is 19.1. The number of hydrogen-bond donors (Lipinski definition) is 3. The maximum Gasteiger partial charge on any atom is 0.178 e. The Hall–Kier alpha value is -4.82. The fourth-order valence-electron chi connectivity index (χ4n) is 4.30. The zero-order valence-corrected chi connectivity index (χ0v) is 23.3. The Labute approximate surface area is 233 Å². The average molecular weight is 536 g/mol. The molecule has 3 heterocycles. The standard InChI is InChI=1S/C32H34FN7/c1-8-23(18-26(9-2)35-21(4)19-40(6)7)20(3)13-14-28-22(5)29(39-38-28)32-36-30-27(15-16-34-31(30)37-32)24-11-10-12-25(33)17-24/h8-18,35,38H,2,4-5,19H2,1,3,6-7H3,(H,34,36,37)/b20-13+,23-8+,26-18+,28-14+. The van der Waals surface area contributed by atoms with E-state index in [0.29, 0.717) is 27.9 Å². The van der Waals surface area contributed by atoms with Gasteiger partial charge in [-0.25, -0.2) is 14.4 Å². The van der Waals surface area contributed by atoms with Gasteiger partial charge in [-0.2, -0.15) is 5.10 Å². The first-order chi connectivity index (χ1) is 19.2. The highest BCUT2D eigenvalue weighted by Gasteiger charge is 2.14. The third-order valence-electron chi connectivity index (χ3n) is 6.28. The fourth-order valence-corrected chi connectivity index (χ4v) is 4.30. The van der Waals surface area contributed by atoms with E-state index in [2.05, 4.69) is 50.2 Å². The smallest absolute Gasteiger partial charge is 0.178 e. The van der Waals surface area contributed by atoms with Crippen molar-refractivity contribution in [3.8, 4) is 22.6 Å². The Kier molecular flexibility index (Phi) is 8.71. The van der Waals surface area contributed by atoms with E-state index >= 15 is 0 Å². The number of rotatable bonds is 10. The Morgan fingerprint density at radius 3 is 2.73 bits per heavy atom. The second kappa shape index (κ2) is 12.4. The van der Waals surface area contributed by atoms with Crippen molar-refractivity contribution in [1.82, 2.24) is 35.4 Å². The summed E-state index contributed by atoms with van der Waals surface area (Å²) < 4.78 is 13.9. The number of hydrogen-bond acceptors (Lipinski definition) is 5. The van der Waals surface area contributed by atoms with Gasteiger partial charge in [0, 0.05) is 34.9 Å². The van der Waals surface area contributed by atoms with Gasteiger partial charge in [-0.1, -0.05) is 44.0 Å². The number of nitrogens with one attached hydrogen (secondary N) is 3. The third kappa shape index (κ3) is 6.42. The number of aromatic amines is 2. The predicted molar refractivity (Wildman–Crippen MR) is 163 cm³/mol. The van der Waals surface area contributed by atoms with E-state index in [0.717, 1.165) is 45.6 Å². The molecule has 0 unspecified atom stereocenters. The van der Waals surface area contributed by atoms with Gasteiger partial charge in [0.25, 0.3) is 0 Å². The van der Waals surface area contributed by atoms with Crippen LogP contribution in [0.1, 0.15) is 13.8 Å². The van der Waals surface area contributed by atoms with Gasteiger partial charge in [0.2, 0.25) is 0 Å². The number of fused-ring (bicyclic) bond motifs is 1. The Morgan fingerprint density at radius 1 is 1.23 bits per heavy atom. The molecule has 0 aliphatic carbocycles. The molecule has 0 bridgehead atoms. The summed E-state index contributed by atoms with van der Waals surface area (Å²) in [5.41, 5.74) is 7.19. The summed E-state index contributed by atoms with van der Waals surface area (Å²) in [6, 6.07) is 8.27. The lowest BCUT2D eigenvalue weighted by atomic mass is 10.1. The molecule has 0 aliphatic rings. The van der Waals surface area contributed by atoms with Crippen LogP contribution in [-0.2, 0) is 0 Å². The molecule has 204 valence electrons. The van der Waals surface area contributed by atoms with Gasteiger partial charge in [0.1, 0.15) is 11.5 Å². The van der Waals surface area contributed by atoms with Crippen molar-refractivity contribution in [2.24, 2.45) is 0 Å². The van der Waals surface area contributed by atoms with Crippen molar-refractivity contribution in [2.75, 3.05) is 20.6 Å². The van der Waals surface area contributed by atoms with Crippen LogP contribution in [-0.4, -0.2) is 50.7 Å². The molecule has 0 fully saturated rings. The lowest BCUT2D eigenvalue weighted by molar-refractivity contribution is 0.438. The molecule has 3 aromatic heterocycles. The lowest BCUT2D eigenvalue weighted by Gasteiger charge is -2.15. The van der Waals surface area contributed by atoms with Crippen molar-refractivity contribution >= 4 is 23.8 Å². The number of halogens is 1. The zero-order valence-electron chi connectivity index (χ0n) is 23.3. The minimum Gasteiger partial charge on any atom is -0.358 e. The van der Waals surface area contributed by atoms with Crippen LogP contribution in [0.3, 0.4) is 0 Å². The number of pyridine rings is 1. The molecule has 4 rings (SSSR count). The summed E-state index contributed by atoms with van der Waals surface area (Å²) in [7, 11) is 3.99. The molecule has 4 aromatic rings. The first kappa shape index (κ1) is 28.2. The molecule has 40 heavy (non-hydrogen) atoms. The maximum atomic E-state index is 13.9. The fraction of sp³-hybridized carbons (Fsp3) is 0.156. The van der Waals surface area contributed by atoms with E-state index in [1.54, 1.807) is 18.3 Å². The molecule has 0 saturated heterocycles. The molecule has 0 radical (unpaired) electrons. The van der Waals surface area contributed by atoms with Crippen LogP contribution < -0.4 is 15.9 Å². The third-order valence-corrected chi connectivity index (χ3v) is 6.28. The largest absolute Gasteiger partial charge is 0.358 e. The van der Waals surface area contributed by atoms with Crippen molar-refractivity contribution in [1.29, 1.82) is 0 Å². The van der Waals surface area contributed by atoms with Crippen LogP contribution >= 0.6 is 0 Å². The second-order valence-corrected chi connectivity index (χ2v) is 9.65. The van der Waals surface area contributed by atoms with E-state index < -0.39 is 0 Å². The molecular formula is C32H34FN7. The van der Waals surface area contributed by atoms with Gasteiger partial charge in [0.15, 0.2) is 11.5 Å². The Morgan fingerprint density at radius 2 is 2.02 bits per heavy atom. The maximum absolute atomic E-state index is 13.9. The molecule has 8 heteroatoms. The van der Waals surface area contributed by atoms with Crippen LogP contribution in [0.25, 0.3) is 46.5 Å². The first-order valence-corrected chi connectivity index (χ1v) is 12.8. The monoisotopic (exact) mass is 535 g/mol. The van der Waals surface area contributed by atoms with Gasteiger partial charge < -0.3 is 15.2 Å². The van der Waals surface area contributed by atoms with Crippen molar-refractivity contribution in [3.63, 3.8) is 0 Å². The SMILES string of the molecule is C=C\C(=C/C(=C\C)C(/C)=C/C=c1/[nH]nc(-c2nc3nccc(-c4cccc(F)c4)c3[nH]2)c1=C)NC(=C)CN(C)C. The summed E-state index contributed by atoms with van der Waals surface area (Å²) in [5, 5.41) is 12.3. The van der Waals surface area contributed by atoms with Gasteiger partial charge in [-0.05, 0) is 81.1 Å². The Balaban J connectivity index is 1.63. The van der Waals surface area contributed by atoms with Gasteiger partial charge >= 0.3 is 0 Å². The minimum atomic E-state index is -0.304. The van der Waals surface area contributed by atoms with Gasteiger partial charge in [0.05, 0.1) is 10.9 Å². The zero-order chi connectivity index (χ0) is 28.8. The van der Waals surface area contributed by atoms with E-state index in [1.807, 2.05) is 69.3 Å². The van der Waals surface area contributed by atoms with Crippen LogP contribution in [0.5, 0.6) is 0 Å². The normalized spacial score (nSPS) is 13.3. The number of H-pyrrole nitrogens is 2. The summed E-state index contributed by atoms with van der Waals surface area (Å²) in [6.45, 7) is 17.0. The first-order valence-electron chi connectivity index (χ1n) is 12.8. The number of benzene rings is 1. The van der Waals surface area contributed by atoms with Crippen molar-refractivity contribution < 1.29 is 4.39 Å². The molecule has 3 N–H and O–H groups in total. The number of nitrogens with zero attached hydrogens (tertiary/aromatic N) is 4. The lowest BCUT2D eigenvalue weighted by Crippen LogP contribution is -2.23. The molecule has 1 aromatic carbocycles. The van der Waals surface area contributed by atoms with E-state index in [9.17, 15) is 4.39 Å². The van der Waals surface area contributed by atoms with E-state index in [-0.39, 0.29) is 5.82 Å². The molecule has 0 atom stereocenters. The van der Waals surface area contributed by atoms with E-state index in [4.69, 9.17) is 0 Å². The highest BCUT2D eigenvalue weighted by Crippen LogP contribution is 2.27. The molecular weight excluding hydrogens is 501 g/mol. The number of aromatic nitrogens is 5. The van der Waals surface area contributed by atoms with Crippen molar-refractivity contribution in [3.05, 3.63) is 113 Å². The highest BCUT2D eigenvalue weighted by molar-refractivity contribution is 5.91. The molecule has 0 saturated carbocycles. The molecule has 0 aliphatic heterocycles. The second-order valence-electron chi connectivity index (χ2n) is 9.65. The minimum absolute atomic E-state index is 0.304. The number of imidazole rings is 1. The number of allylic oxidation sites excluding steroid dienone is 6. The average Bonchev–Trinajstić information content (AvgIpc) is 3.52. The number of likely N-dealkylation sites (N-methyl/N-ethyl adjacent to an activating group) is 1. The quantitative estimate of drug-likeness (QED) is 0.250. The van der Waals surface area contributed by atoms with Crippen LogP contribution in [0.4, 0.5) is 4.39 Å².